The lowest BCUT2D eigenvalue weighted by Gasteiger charge is -2.02. The summed E-state index contributed by atoms with van der Waals surface area (Å²) in [7, 11) is 0. The zero-order valence-corrected chi connectivity index (χ0v) is 9.66. The number of hydrogen-bond donors (Lipinski definition) is 1. The highest BCUT2D eigenvalue weighted by Crippen LogP contribution is 2.23. The highest BCUT2D eigenvalue weighted by molar-refractivity contribution is 5.69. The molecule has 0 atom stereocenters. The average Bonchev–Trinajstić information content (AvgIpc) is 2.75. The molecule has 8 nitrogen and oxygen atoms in total. The monoisotopic (exact) mass is 284 g/mol. The van der Waals surface area contributed by atoms with Crippen LogP contribution in [0.2, 0.25) is 0 Å². The minimum absolute atomic E-state index is 0.0314. The van der Waals surface area contributed by atoms with E-state index in [1.54, 1.807) is 0 Å². The molecule has 104 valence electrons. The lowest BCUT2D eigenvalue weighted by molar-refractivity contribution is -0.387. The van der Waals surface area contributed by atoms with Crippen molar-refractivity contribution in [3.05, 3.63) is 45.8 Å². The van der Waals surface area contributed by atoms with Crippen LogP contribution in [0.3, 0.4) is 0 Å². The Kier molecular flexibility index (Phi) is 3.37. The van der Waals surface area contributed by atoms with Crippen molar-refractivity contribution in [1.82, 2.24) is 15.0 Å². The van der Waals surface area contributed by atoms with Crippen LogP contribution in [0.1, 0.15) is 5.69 Å². The molecule has 1 heterocycles. The number of nitro benzene ring substituents is 1. The molecule has 10 heteroatoms. The van der Waals surface area contributed by atoms with Crippen molar-refractivity contribution < 1.29 is 23.6 Å². The van der Waals surface area contributed by atoms with Crippen molar-refractivity contribution in [3.8, 4) is 5.69 Å². The van der Waals surface area contributed by atoms with E-state index in [0.29, 0.717) is 12.1 Å². The van der Waals surface area contributed by atoms with Crippen molar-refractivity contribution in [3.63, 3.8) is 0 Å². The minimum atomic E-state index is -1.32. The number of carbonyl (C=O) groups is 1. The SMILES string of the molecule is O=C(O)Cc1cn(-c2cc([N+](=O)[O-])c(F)cc2F)nn1. The first-order valence-electron chi connectivity index (χ1n) is 5.15. The topological polar surface area (TPSA) is 111 Å². The maximum absolute atomic E-state index is 13.6. The first-order chi connectivity index (χ1) is 9.38. The van der Waals surface area contributed by atoms with Crippen molar-refractivity contribution in [2.75, 3.05) is 0 Å². The summed E-state index contributed by atoms with van der Waals surface area (Å²) in [6.07, 6.45) is 0.652. The number of carboxylic acid groups (broad SMARTS) is 1. The molecule has 2 rings (SSSR count). The van der Waals surface area contributed by atoms with E-state index in [9.17, 15) is 23.7 Å². The summed E-state index contributed by atoms with van der Waals surface area (Å²) in [6.45, 7) is 0. The molecule has 0 radical (unpaired) electrons. The van der Waals surface area contributed by atoms with Crippen molar-refractivity contribution in [2.24, 2.45) is 0 Å². The van der Waals surface area contributed by atoms with Gasteiger partial charge in [-0.15, -0.1) is 5.10 Å². The molecular formula is C10H6F2N4O4. The van der Waals surface area contributed by atoms with E-state index in [4.69, 9.17) is 5.11 Å². The van der Waals surface area contributed by atoms with Gasteiger partial charge in [-0.2, -0.15) is 4.39 Å². The molecule has 1 aromatic heterocycles. The number of aromatic nitrogens is 3. The molecule has 0 saturated carbocycles. The predicted octanol–water partition coefficient (Wildman–Crippen LogP) is 1.08. The summed E-state index contributed by atoms with van der Waals surface area (Å²) < 4.78 is 27.6. The van der Waals surface area contributed by atoms with Gasteiger partial charge < -0.3 is 5.11 Å². The fourth-order valence-corrected chi connectivity index (χ4v) is 1.49. The maximum Gasteiger partial charge on any atom is 0.309 e. The van der Waals surface area contributed by atoms with E-state index in [1.807, 2.05) is 0 Å². The van der Waals surface area contributed by atoms with Crippen LogP contribution in [0.15, 0.2) is 18.3 Å². The molecule has 0 aliphatic heterocycles. The number of rotatable bonds is 4. The number of aliphatic carboxylic acids is 1. The van der Waals surface area contributed by atoms with E-state index in [2.05, 4.69) is 10.3 Å². The minimum Gasteiger partial charge on any atom is -0.481 e. The Morgan fingerprint density at radius 2 is 2.10 bits per heavy atom. The van der Waals surface area contributed by atoms with Gasteiger partial charge in [0.25, 0.3) is 0 Å². The summed E-state index contributed by atoms with van der Waals surface area (Å²) in [4.78, 5) is 20.1. The molecular weight excluding hydrogens is 278 g/mol. The van der Waals surface area contributed by atoms with Crippen molar-refractivity contribution >= 4 is 11.7 Å². The largest absolute Gasteiger partial charge is 0.481 e. The van der Waals surface area contributed by atoms with Gasteiger partial charge in [0.2, 0.25) is 5.82 Å². The fraction of sp³-hybridized carbons (Fsp3) is 0.100. The van der Waals surface area contributed by atoms with Gasteiger partial charge in [0.05, 0.1) is 23.2 Å². The smallest absolute Gasteiger partial charge is 0.309 e. The summed E-state index contributed by atoms with van der Waals surface area (Å²) in [5.41, 5.74) is -1.29. The predicted molar refractivity (Wildman–Crippen MR) is 59.3 cm³/mol. The third-order valence-electron chi connectivity index (χ3n) is 2.33. The number of carboxylic acids is 1. The van der Waals surface area contributed by atoms with Crippen LogP contribution >= 0.6 is 0 Å². The van der Waals surface area contributed by atoms with Crippen LogP contribution in [0.4, 0.5) is 14.5 Å². The molecule has 0 amide bonds. The number of halogens is 2. The Hall–Kier alpha value is -2.91. The van der Waals surface area contributed by atoms with Crippen LogP contribution in [-0.4, -0.2) is 31.0 Å². The third kappa shape index (κ3) is 2.58. The fourth-order valence-electron chi connectivity index (χ4n) is 1.49. The van der Waals surface area contributed by atoms with Crippen LogP contribution in [-0.2, 0) is 11.2 Å². The van der Waals surface area contributed by atoms with Gasteiger partial charge in [0, 0.05) is 12.1 Å². The van der Waals surface area contributed by atoms with E-state index < -0.39 is 40.3 Å². The highest BCUT2D eigenvalue weighted by atomic mass is 19.1. The van der Waals surface area contributed by atoms with Crippen LogP contribution in [0.25, 0.3) is 5.69 Å². The second-order valence-corrected chi connectivity index (χ2v) is 3.74. The third-order valence-corrected chi connectivity index (χ3v) is 2.33. The molecule has 1 aromatic carbocycles. The Balaban J connectivity index is 2.46. The molecule has 0 bridgehead atoms. The molecule has 1 N–H and O–H groups in total. The van der Waals surface area contributed by atoms with E-state index in [-0.39, 0.29) is 5.69 Å². The van der Waals surface area contributed by atoms with Gasteiger partial charge in [0.15, 0.2) is 5.82 Å². The van der Waals surface area contributed by atoms with E-state index in [0.717, 1.165) is 10.9 Å². The molecule has 0 fully saturated rings. The van der Waals surface area contributed by atoms with Crippen molar-refractivity contribution in [1.29, 1.82) is 0 Å². The van der Waals surface area contributed by atoms with Gasteiger partial charge in [-0.25, -0.2) is 9.07 Å². The van der Waals surface area contributed by atoms with Crippen molar-refractivity contribution in [2.45, 2.75) is 6.42 Å². The summed E-state index contributed by atoms with van der Waals surface area (Å²) >= 11 is 0. The Morgan fingerprint density at radius 1 is 1.40 bits per heavy atom. The number of benzene rings is 1. The summed E-state index contributed by atoms with van der Waals surface area (Å²) in [6, 6.07) is 1.01. The quantitative estimate of drug-likeness (QED) is 0.664. The first kappa shape index (κ1) is 13.5. The zero-order valence-electron chi connectivity index (χ0n) is 9.66. The summed E-state index contributed by atoms with van der Waals surface area (Å²) in [5.74, 6) is -3.57. The Bertz CT molecular complexity index is 701. The molecule has 0 saturated heterocycles. The first-order valence-corrected chi connectivity index (χ1v) is 5.15. The standard InChI is InChI=1S/C10H6F2N4O4/c11-6-2-7(12)9(16(19)20)3-8(6)15-4-5(13-14-15)1-10(17)18/h2-4H,1H2,(H,17,18). The number of hydrogen-bond acceptors (Lipinski definition) is 5. The lowest BCUT2D eigenvalue weighted by Crippen LogP contribution is -2.03. The molecule has 20 heavy (non-hydrogen) atoms. The Labute approximate surface area is 109 Å². The lowest BCUT2D eigenvalue weighted by atomic mass is 10.2. The summed E-state index contributed by atoms with van der Waals surface area (Å²) in [5, 5.41) is 26.1. The normalized spacial score (nSPS) is 10.5. The van der Waals surface area contributed by atoms with Gasteiger partial charge in [0.1, 0.15) is 5.69 Å². The second-order valence-electron chi connectivity index (χ2n) is 3.74. The number of nitro groups is 1. The van der Waals surface area contributed by atoms with E-state index >= 15 is 0 Å². The van der Waals surface area contributed by atoms with Gasteiger partial charge in [-0.3, -0.25) is 14.9 Å². The van der Waals surface area contributed by atoms with E-state index in [1.165, 1.54) is 0 Å². The Morgan fingerprint density at radius 3 is 2.70 bits per heavy atom. The number of nitrogens with zero attached hydrogens (tertiary/aromatic N) is 4. The average molecular weight is 284 g/mol. The van der Waals surface area contributed by atoms with Crippen LogP contribution in [0.5, 0.6) is 0 Å². The van der Waals surface area contributed by atoms with Crippen LogP contribution < -0.4 is 0 Å². The van der Waals surface area contributed by atoms with Crippen LogP contribution in [0, 0.1) is 21.7 Å². The molecule has 2 aromatic rings. The molecule has 0 unspecified atom stereocenters. The van der Waals surface area contributed by atoms with Gasteiger partial charge in [-0.1, -0.05) is 5.21 Å². The second kappa shape index (κ2) is 4.99. The maximum atomic E-state index is 13.6. The van der Waals surface area contributed by atoms with Gasteiger partial charge >= 0.3 is 11.7 Å². The molecule has 0 spiro atoms. The van der Waals surface area contributed by atoms with Gasteiger partial charge in [-0.05, 0) is 0 Å². The highest BCUT2D eigenvalue weighted by Gasteiger charge is 2.20. The molecule has 0 aliphatic rings. The zero-order chi connectivity index (χ0) is 14.9. The molecule has 0 aliphatic carbocycles.